The fourth-order valence-corrected chi connectivity index (χ4v) is 2.19. The van der Waals surface area contributed by atoms with Gasteiger partial charge in [-0.2, -0.15) is 0 Å². The second kappa shape index (κ2) is 4.05. The highest BCUT2D eigenvalue weighted by molar-refractivity contribution is 5.77. The summed E-state index contributed by atoms with van der Waals surface area (Å²) in [5, 5.41) is 0. The third-order valence-corrected chi connectivity index (χ3v) is 3.06. The molecule has 1 aromatic carbocycles. The number of fused-ring (bicyclic) bond motifs is 1. The molecule has 0 bridgehead atoms. The largest absolute Gasteiger partial charge is 0.369 e. The van der Waals surface area contributed by atoms with Crippen LogP contribution in [-0.2, 0) is 0 Å². The van der Waals surface area contributed by atoms with E-state index in [4.69, 9.17) is 5.73 Å². The second-order valence-electron chi connectivity index (χ2n) is 4.59. The maximum Gasteiger partial charge on any atom is 0.207 e. The van der Waals surface area contributed by atoms with E-state index in [1.807, 2.05) is 19.9 Å². The Kier molecular flexibility index (Phi) is 2.48. The number of nitrogens with two attached hydrogens (primary N) is 1. The van der Waals surface area contributed by atoms with Gasteiger partial charge >= 0.3 is 0 Å². The lowest BCUT2D eigenvalue weighted by Crippen LogP contribution is -2.03. The predicted octanol–water partition coefficient (Wildman–Crippen LogP) is 2.76. The number of nitrogen functional groups attached to an aromatic ring is 1. The molecule has 96 valence electrons. The Balaban J connectivity index is 2.33. The van der Waals surface area contributed by atoms with Crippen molar-refractivity contribution in [2.75, 3.05) is 5.73 Å². The Morgan fingerprint density at radius 3 is 2.74 bits per heavy atom. The van der Waals surface area contributed by atoms with E-state index in [-0.39, 0.29) is 5.82 Å². The van der Waals surface area contributed by atoms with Gasteiger partial charge in [-0.1, -0.05) is 0 Å². The SMILES string of the molecule is Cc1cnc2c(c1)nc(N)n2-c1ccc(F)cc1C. The van der Waals surface area contributed by atoms with Gasteiger partial charge in [0.15, 0.2) is 5.65 Å². The maximum atomic E-state index is 13.2. The fraction of sp³-hybridized carbons (Fsp3) is 0.143. The quantitative estimate of drug-likeness (QED) is 0.728. The van der Waals surface area contributed by atoms with Crippen molar-refractivity contribution < 1.29 is 4.39 Å². The molecule has 0 fully saturated rings. The molecule has 4 nitrogen and oxygen atoms in total. The topological polar surface area (TPSA) is 56.7 Å². The van der Waals surface area contributed by atoms with Crippen molar-refractivity contribution in [2.45, 2.75) is 13.8 Å². The van der Waals surface area contributed by atoms with E-state index in [1.54, 1.807) is 16.8 Å². The van der Waals surface area contributed by atoms with E-state index < -0.39 is 0 Å². The summed E-state index contributed by atoms with van der Waals surface area (Å²) >= 11 is 0. The molecule has 3 aromatic rings. The smallest absolute Gasteiger partial charge is 0.207 e. The van der Waals surface area contributed by atoms with Crippen LogP contribution < -0.4 is 5.73 Å². The van der Waals surface area contributed by atoms with E-state index >= 15 is 0 Å². The molecule has 0 unspecified atom stereocenters. The molecule has 0 spiro atoms. The number of rotatable bonds is 1. The Morgan fingerprint density at radius 1 is 1.21 bits per heavy atom. The molecule has 0 saturated heterocycles. The van der Waals surface area contributed by atoms with Gasteiger partial charge < -0.3 is 5.73 Å². The zero-order valence-corrected chi connectivity index (χ0v) is 10.7. The van der Waals surface area contributed by atoms with Gasteiger partial charge in [0.05, 0.1) is 5.69 Å². The molecule has 0 atom stereocenters. The summed E-state index contributed by atoms with van der Waals surface area (Å²) in [4.78, 5) is 8.67. The highest BCUT2D eigenvalue weighted by atomic mass is 19.1. The summed E-state index contributed by atoms with van der Waals surface area (Å²) in [5.41, 5.74) is 9.97. The molecule has 0 saturated carbocycles. The first-order valence-corrected chi connectivity index (χ1v) is 5.93. The van der Waals surface area contributed by atoms with Crippen LogP contribution in [0.15, 0.2) is 30.5 Å². The summed E-state index contributed by atoms with van der Waals surface area (Å²) in [5.74, 6) is 0.0795. The first kappa shape index (κ1) is 11.6. The van der Waals surface area contributed by atoms with Crippen molar-refractivity contribution >= 4 is 17.1 Å². The van der Waals surface area contributed by atoms with E-state index in [1.165, 1.54) is 12.1 Å². The van der Waals surface area contributed by atoms with Crippen LogP contribution in [0.25, 0.3) is 16.9 Å². The lowest BCUT2D eigenvalue weighted by atomic mass is 10.2. The summed E-state index contributed by atoms with van der Waals surface area (Å²) in [6.07, 6.45) is 1.76. The van der Waals surface area contributed by atoms with Gasteiger partial charge in [0.25, 0.3) is 0 Å². The molecule has 0 aliphatic rings. The minimum Gasteiger partial charge on any atom is -0.369 e. The number of hydrogen-bond acceptors (Lipinski definition) is 3. The third kappa shape index (κ3) is 1.83. The summed E-state index contributed by atoms with van der Waals surface area (Å²) in [6, 6.07) is 6.48. The van der Waals surface area contributed by atoms with E-state index in [9.17, 15) is 4.39 Å². The van der Waals surface area contributed by atoms with Gasteiger partial charge in [0.2, 0.25) is 5.95 Å². The molecule has 5 heteroatoms. The Hall–Kier alpha value is -2.43. The van der Waals surface area contributed by atoms with E-state index in [0.29, 0.717) is 11.6 Å². The Labute approximate surface area is 109 Å². The highest BCUT2D eigenvalue weighted by Gasteiger charge is 2.13. The zero-order chi connectivity index (χ0) is 13.6. The molecule has 0 radical (unpaired) electrons. The summed E-state index contributed by atoms with van der Waals surface area (Å²) in [7, 11) is 0. The van der Waals surface area contributed by atoms with Crippen LogP contribution in [0.1, 0.15) is 11.1 Å². The molecule has 0 amide bonds. The molecule has 0 aliphatic heterocycles. The van der Waals surface area contributed by atoms with Gasteiger partial charge in [0, 0.05) is 6.20 Å². The van der Waals surface area contributed by atoms with Crippen LogP contribution in [0.2, 0.25) is 0 Å². The molecule has 2 heterocycles. The van der Waals surface area contributed by atoms with Crippen LogP contribution >= 0.6 is 0 Å². The predicted molar refractivity (Wildman–Crippen MR) is 72.7 cm³/mol. The third-order valence-electron chi connectivity index (χ3n) is 3.06. The number of aromatic nitrogens is 3. The van der Waals surface area contributed by atoms with Crippen molar-refractivity contribution in [2.24, 2.45) is 0 Å². The lowest BCUT2D eigenvalue weighted by molar-refractivity contribution is 0.626. The van der Waals surface area contributed by atoms with Gasteiger partial charge in [0.1, 0.15) is 11.3 Å². The van der Waals surface area contributed by atoms with Crippen molar-refractivity contribution in [1.29, 1.82) is 0 Å². The first-order valence-electron chi connectivity index (χ1n) is 5.93. The van der Waals surface area contributed by atoms with Crippen LogP contribution in [0.5, 0.6) is 0 Å². The number of nitrogens with zero attached hydrogens (tertiary/aromatic N) is 3. The van der Waals surface area contributed by atoms with Gasteiger partial charge in [-0.3, -0.25) is 4.57 Å². The van der Waals surface area contributed by atoms with Crippen molar-refractivity contribution in [3.8, 4) is 5.69 Å². The summed E-state index contributed by atoms with van der Waals surface area (Å²) in [6.45, 7) is 3.78. The molecule has 2 N–H and O–H groups in total. The molecule has 19 heavy (non-hydrogen) atoms. The van der Waals surface area contributed by atoms with Crippen LogP contribution in [0.4, 0.5) is 10.3 Å². The summed E-state index contributed by atoms with van der Waals surface area (Å²) < 4.78 is 14.9. The molecular weight excluding hydrogens is 243 g/mol. The van der Waals surface area contributed by atoms with Crippen LogP contribution in [0.3, 0.4) is 0 Å². The molecule has 0 aliphatic carbocycles. The normalized spacial score (nSPS) is 11.1. The number of halogens is 1. The van der Waals surface area contributed by atoms with E-state index in [2.05, 4.69) is 9.97 Å². The number of anilines is 1. The molecule has 2 aromatic heterocycles. The minimum atomic E-state index is -0.270. The van der Waals surface area contributed by atoms with Gasteiger partial charge in [-0.15, -0.1) is 0 Å². The Morgan fingerprint density at radius 2 is 2.00 bits per heavy atom. The number of imidazole rings is 1. The average molecular weight is 256 g/mol. The second-order valence-corrected chi connectivity index (χ2v) is 4.59. The van der Waals surface area contributed by atoms with Crippen LogP contribution in [0, 0.1) is 19.7 Å². The van der Waals surface area contributed by atoms with Crippen molar-refractivity contribution in [3.63, 3.8) is 0 Å². The molecular formula is C14H13FN4. The highest BCUT2D eigenvalue weighted by Crippen LogP contribution is 2.24. The lowest BCUT2D eigenvalue weighted by Gasteiger charge is -2.09. The van der Waals surface area contributed by atoms with E-state index in [0.717, 1.165) is 22.3 Å². The fourth-order valence-electron chi connectivity index (χ4n) is 2.19. The van der Waals surface area contributed by atoms with Crippen molar-refractivity contribution in [3.05, 3.63) is 47.4 Å². The minimum absolute atomic E-state index is 0.270. The monoisotopic (exact) mass is 256 g/mol. The maximum absolute atomic E-state index is 13.2. The zero-order valence-electron chi connectivity index (χ0n) is 10.7. The number of hydrogen-bond donors (Lipinski definition) is 1. The van der Waals surface area contributed by atoms with Crippen molar-refractivity contribution in [1.82, 2.24) is 14.5 Å². The molecule has 3 rings (SSSR count). The standard InChI is InChI=1S/C14H13FN4/c1-8-5-11-13(17-7-8)19(14(16)18-11)12-4-3-10(15)6-9(12)2/h3-7H,1-2H3,(H2,16,18). The Bertz CT molecular complexity index is 776. The van der Waals surface area contributed by atoms with Crippen LogP contribution in [-0.4, -0.2) is 14.5 Å². The van der Waals surface area contributed by atoms with Gasteiger partial charge in [-0.05, 0) is 49.2 Å². The average Bonchev–Trinajstić information content (AvgIpc) is 2.65. The van der Waals surface area contributed by atoms with Gasteiger partial charge in [-0.25, -0.2) is 14.4 Å². The number of benzene rings is 1. The number of aryl methyl sites for hydroxylation is 2. The number of pyridine rings is 1. The first-order chi connectivity index (χ1) is 9.06.